The first-order chi connectivity index (χ1) is 7.79. The van der Waals surface area contributed by atoms with Gasteiger partial charge in [-0.1, -0.05) is 20.8 Å². The van der Waals surface area contributed by atoms with Gasteiger partial charge in [0.2, 0.25) is 0 Å². The topological polar surface area (TPSA) is 34.1 Å². The number of Topliss-reactive ketones (excluding diaryl/α,β-unsaturated/α-hetero) is 2. The maximum Gasteiger partial charge on any atom is 0.138 e. The predicted molar refractivity (Wildman–Crippen MR) is 69.8 cm³/mol. The first-order valence-electron chi connectivity index (χ1n) is 6.81. The van der Waals surface area contributed by atoms with Gasteiger partial charge in [-0.05, 0) is 44.4 Å². The zero-order chi connectivity index (χ0) is 13.1. The normalized spacial score (nSPS) is 25.6. The van der Waals surface area contributed by atoms with E-state index in [0.717, 1.165) is 38.5 Å². The monoisotopic (exact) mass is 238 g/mol. The SMILES string of the molecule is CC(=O)CC1CCC(CC(=O)C(C)(C)C)CC1. The van der Waals surface area contributed by atoms with Gasteiger partial charge in [-0.25, -0.2) is 0 Å². The fourth-order valence-electron chi connectivity index (χ4n) is 2.61. The fourth-order valence-corrected chi connectivity index (χ4v) is 2.61. The van der Waals surface area contributed by atoms with Crippen LogP contribution in [0.1, 0.15) is 66.2 Å². The maximum atomic E-state index is 11.9. The van der Waals surface area contributed by atoms with Gasteiger partial charge in [0.25, 0.3) is 0 Å². The van der Waals surface area contributed by atoms with Crippen LogP contribution in [0.25, 0.3) is 0 Å². The standard InChI is InChI=1S/C15H26O2/c1-11(16)9-12-5-7-13(8-6-12)10-14(17)15(2,3)4/h12-13H,5-10H2,1-4H3. The summed E-state index contributed by atoms with van der Waals surface area (Å²) in [7, 11) is 0. The summed E-state index contributed by atoms with van der Waals surface area (Å²) in [6.45, 7) is 7.67. The highest BCUT2D eigenvalue weighted by Crippen LogP contribution is 2.34. The van der Waals surface area contributed by atoms with Gasteiger partial charge < -0.3 is 4.79 Å². The summed E-state index contributed by atoms with van der Waals surface area (Å²) in [5, 5.41) is 0. The Morgan fingerprint density at radius 1 is 0.941 bits per heavy atom. The van der Waals surface area contributed by atoms with E-state index in [2.05, 4.69) is 0 Å². The van der Waals surface area contributed by atoms with Gasteiger partial charge in [0, 0.05) is 18.3 Å². The molecular weight excluding hydrogens is 212 g/mol. The van der Waals surface area contributed by atoms with E-state index < -0.39 is 0 Å². The number of hydrogen-bond donors (Lipinski definition) is 0. The molecule has 0 radical (unpaired) electrons. The first-order valence-corrected chi connectivity index (χ1v) is 6.81. The quantitative estimate of drug-likeness (QED) is 0.747. The van der Waals surface area contributed by atoms with Gasteiger partial charge in [0.05, 0.1) is 0 Å². The Kier molecular flexibility index (Phi) is 4.91. The van der Waals surface area contributed by atoms with Crippen molar-refractivity contribution in [1.29, 1.82) is 0 Å². The van der Waals surface area contributed by atoms with Crippen LogP contribution >= 0.6 is 0 Å². The molecule has 98 valence electrons. The zero-order valence-corrected chi connectivity index (χ0v) is 11.7. The Labute approximate surface area is 105 Å². The molecule has 0 spiro atoms. The average molecular weight is 238 g/mol. The van der Waals surface area contributed by atoms with Crippen LogP contribution < -0.4 is 0 Å². The van der Waals surface area contributed by atoms with Crippen molar-refractivity contribution in [3.63, 3.8) is 0 Å². The van der Waals surface area contributed by atoms with Crippen molar-refractivity contribution in [1.82, 2.24) is 0 Å². The van der Waals surface area contributed by atoms with Crippen LogP contribution in [0, 0.1) is 17.3 Å². The molecule has 17 heavy (non-hydrogen) atoms. The van der Waals surface area contributed by atoms with Crippen molar-refractivity contribution < 1.29 is 9.59 Å². The number of rotatable bonds is 4. The van der Waals surface area contributed by atoms with Crippen LogP contribution in [-0.2, 0) is 9.59 Å². The van der Waals surface area contributed by atoms with E-state index in [1.54, 1.807) is 6.92 Å². The van der Waals surface area contributed by atoms with E-state index in [-0.39, 0.29) is 5.41 Å². The van der Waals surface area contributed by atoms with Crippen molar-refractivity contribution in [3.05, 3.63) is 0 Å². The zero-order valence-electron chi connectivity index (χ0n) is 11.7. The van der Waals surface area contributed by atoms with Crippen LogP contribution in [0.3, 0.4) is 0 Å². The molecule has 0 unspecified atom stereocenters. The van der Waals surface area contributed by atoms with Gasteiger partial charge in [-0.15, -0.1) is 0 Å². The Hall–Kier alpha value is -0.660. The number of carbonyl (C=O) groups excluding carboxylic acids is 2. The minimum atomic E-state index is -0.198. The minimum Gasteiger partial charge on any atom is -0.300 e. The van der Waals surface area contributed by atoms with Crippen molar-refractivity contribution in [2.75, 3.05) is 0 Å². The lowest BCUT2D eigenvalue weighted by Gasteiger charge is -2.29. The summed E-state index contributed by atoms with van der Waals surface area (Å²) in [4.78, 5) is 23.0. The summed E-state index contributed by atoms with van der Waals surface area (Å²) in [6.07, 6.45) is 5.97. The molecule has 0 N–H and O–H groups in total. The molecule has 0 aromatic carbocycles. The molecule has 0 aliphatic heterocycles. The third-order valence-electron chi connectivity index (χ3n) is 3.85. The fraction of sp³-hybridized carbons (Fsp3) is 0.867. The van der Waals surface area contributed by atoms with E-state index in [1.807, 2.05) is 20.8 Å². The van der Waals surface area contributed by atoms with Crippen LogP contribution in [0.2, 0.25) is 0 Å². The molecule has 1 saturated carbocycles. The molecule has 0 aromatic rings. The smallest absolute Gasteiger partial charge is 0.138 e. The molecule has 2 nitrogen and oxygen atoms in total. The second-order valence-corrected chi connectivity index (χ2v) is 6.67. The third-order valence-corrected chi connectivity index (χ3v) is 3.85. The van der Waals surface area contributed by atoms with Gasteiger partial charge in [0.1, 0.15) is 11.6 Å². The molecule has 1 aliphatic rings. The Morgan fingerprint density at radius 3 is 1.71 bits per heavy atom. The van der Waals surface area contributed by atoms with Crippen LogP contribution in [0.5, 0.6) is 0 Å². The molecule has 2 heteroatoms. The van der Waals surface area contributed by atoms with Crippen molar-refractivity contribution in [2.24, 2.45) is 17.3 Å². The Bertz CT molecular complexity index is 278. The molecular formula is C15H26O2. The average Bonchev–Trinajstić information content (AvgIpc) is 2.18. The van der Waals surface area contributed by atoms with Crippen LogP contribution in [0.4, 0.5) is 0 Å². The molecule has 0 amide bonds. The molecule has 0 bridgehead atoms. The van der Waals surface area contributed by atoms with Gasteiger partial charge >= 0.3 is 0 Å². The Balaban J connectivity index is 2.33. The first kappa shape index (κ1) is 14.4. The van der Waals surface area contributed by atoms with Crippen molar-refractivity contribution >= 4 is 11.6 Å². The third kappa shape index (κ3) is 5.01. The lowest BCUT2D eigenvalue weighted by atomic mass is 9.75. The van der Waals surface area contributed by atoms with Crippen LogP contribution in [0.15, 0.2) is 0 Å². The minimum absolute atomic E-state index is 0.198. The highest BCUT2D eigenvalue weighted by atomic mass is 16.1. The maximum absolute atomic E-state index is 11.9. The summed E-state index contributed by atoms with van der Waals surface area (Å²) in [5.41, 5.74) is -0.198. The predicted octanol–water partition coefficient (Wildman–Crippen LogP) is 3.78. The number of carbonyl (C=O) groups is 2. The van der Waals surface area contributed by atoms with Crippen molar-refractivity contribution in [3.8, 4) is 0 Å². The molecule has 1 aliphatic carbocycles. The summed E-state index contributed by atoms with van der Waals surface area (Å²) >= 11 is 0. The summed E-state index contributed by atoms with van der Waals surface area (Å²) < 4.78 is 0. The molecule has 0 aromatic heterocycles. The lowest BCUT2D eigenvalue weighted by Crippen LogP contribution is -2.25. The van der Waals surface area contributed by atoms with E-state index in [9.17, 15) is 9.59 Å². The Morgan fingerprint density at radius 2 is 1.35 bits per heavy atom. The largest absolute Gasteiger partial charge is 0.300 e. The van der Waals surface area contributed by atoms with E-state index in [1.165, 1.54) is 0 Å². The summed E-state index contributed by atoms with van der Waals surface area (Å²) in [5.74, 6) is 1.82. The molecule has 0 atom stereocenters. The van der Waals surface area contributed by atoms with Crippen LogP contribution in [-0.4, -0.2) is 11.6 Å². The highest BCUT2D eigenvalue weighted by molar-refractivity contribution is 5.83. The number of ketones is 2. The summed E-state index contributed by atoms with van der Waals surface area (Å²) in [6, 6.07) is 0. The second-order valence-electron chi connectivity index (χ2n) is 6.67. The second kappa shape index (κ2) is 5.79. The van der Waals surface area contributed by atoms with Gasteiger partial charge in [-0.3, -0.25) is 4.79 Å². The van der Waals surface area contributed by atoms with Gasteiger partial charge in [-0.2, -0.15) is 0 Å². The molecule has 1 rings (SSSR count). The number of hydrogen-bond acceptors (Lipinski definition) is 2. The molecule has 0 heterocycles. The highest BCUT2D eigenvalue weighted by Gasteiger charge is 2.28. The van der Waals surface area contributed by atoms with E-state index in [4.69, 9.17) is 0 Å². The van der Waals surface area contributed by atoms with Gasteiger partial charge in [0.15, 0.2) is 0 Å². The lowest BCUT2D eigenvalue weighted by molar-refractivity contribution is -0.127. The molecule has 1 fully saturated rings. The molecule has 0 saturated heterocycles. The van der Waals surface area contributed by atoms with E-state index >= 15 is 0 Å². The van der Waals surface area contributed by atoms with Crippen molar-refractivity contribution in [2.45, 2.75) is 66.2 Å². The van der Waals surface area contributed by atoms with E-state index in [0.29, 0.717) is 23.4 Å².